The van der Waals surface area contributed by atoms with Gasteiger partial charge in [0.2, 0.25) is 5.91 Å². The van der Waals surface area contributed by atoms with Crippen LogP contribution in [0.4, 0.5) is 16.2 Å². The largest absolute Gasteiger partial charge is 0.354 e. The minimum absolute atomic E-state index is 0.0865. The Morgan fingerprint density at radius 2 is 2.09 bits per heavy atom. The topological polar surface area (TPSA) is 113 Å². The Morgan fingerprint density at radius 3 is 2.64 bits per heavy atom. The Kier molecular flexibility index (Phi) is 6.58. The van der Waals surface area contributed by atoms with Gasteiger partial charge in [-0.05, 0) is 25.5 Å². The van der Waals surface area contributed by atoms with Crippen LogP contribution in [0.15, 0.2) is 18.2 Å². The van der Waals surface area contributed by atoms with Crippen LogP contribution in [0.1, 0.15) is 20.3 Å². The Balaban J connectivity index is 2.60. The number of benzene rings is 1. The second kappa shape index (κ2) is 8.18. The molecule has 0 saturated heterocycles. The van der Waals surface area contributed by atoms with E-state index in [1.165, 1.54) is 18.2 Å². The summed E-state index contributed by atoms with van der Waals surface area (Å²) in [6.07, 6.45) is 0.798. The number of hydrogen-bond donors (Lipinski definition) is 3. The number of carbonyl (C=O) groups is 2. The highest BCUT2D eigenvalue weighted by Crippen LogP contribution is 2.27. The second-order valence-corrected chi connectivity index (χ2v) is 4.94. The van der Waals surface area contributed by atoms with Gasteiger partial charge in [-0.3, -0.25) is 14.9 Å². The third-order valence-electron chi connectivity index (χ3n) is 2.69. The van der Waals surface area contributed by atoms with E-state index in [4.69, 9.17) is 11.6 Å². The van der Waals surface area contributed by atoms with E-state index in [0.29, 0.717) is 6.54 Å². The molecule has 22 heavy (non-hydrogen) atoms. The first-order chi connectivity index (χ1) is 10.3. The maximum atomic E-state index is 11.8. The van der Waals surface area contributed by atoms with Crippen LogP contribution < -0.4 is 16.0 Å². The van der Waals surface area contributed by atoms with Crippen molar-refractivity contribution < 1.29 is 14.5 Å². The van der Waals surface area contributed by atoms with E-state index in [0.717, 1.165) is 6.42 Å². The fourth-order valence-corrected chi connectivity index (χ4v) is 1.81. The Bertz CT molecular complexity index is 579. The van der Waals surface area contributed by atoms with E-state index < -0.39 is 17.0 Å². The molecule has 9 heteroatoms. The molecule has 0 aliphatic heterocycles. The molecular weight excluding hydrogens is 312 g/mol. The number of nitrogens with zero attached hydrogens (tertiary/aromatic N) is 1. The van der Waals surface area contributed by atoms with E-state index in [-0.39, 0.29) is 22.3 Å². The molecule has 3 amide bonds. The van der Waals surface area contributed by atoms with Crippen LogP contribution in [-0.4, -0.2) is 29.4 Å². The number of halogens is 1. The van der Waals surface area contributed by atoms with Gasteiger partial charge in [-0.1, -0.05) is 18.5 Å². The van der Waals surface area contributed by atoms with E-state index in [1.807, 2.05) is 6.92 Å². The summed E-state index contributed by atoms with van der Waals surface area (Å²) in [5.74, 6) is -0.293. The van der Waals surface area contributed by atoms with Gasteiger partial charge in [0.25, 0.3) is 5.69 Å². The first-order valence-corrected chi connectivity index (χ1v) is 7.02. The molecule has 1 atom stereocenters. The van der Waals surface area contributed by atoms with Gasteiger partial charge in [-0.15, -0.1) is 0 Å². The van der Waals surface area contributed by atoms with Crippen LogP contribution in [-0.2, 0) is 4.79 Å². The first-order valence-electron chi connectivity index (χ1n) is 6.64. The third-order valence-corrected chi connectivity index (χ3v) is 3.00. The molecule has 1 rings (SSSR count). The summed E-state index contributed by atoms with van der Waals surface area (Å²) in [5.41, 5.74) is 0.0363. The molecule has 0 aliphatic rings. The van der Waals surface area contributed by atoms with Crippen LogP contribution in [0.5, 0.6) is 0 Å². The van der Waals surface area contributed by atoms with Crippen molar-refractivity contribution in [2.75, 3.05) is 11.9 Å². The zero-order valence-electron chi connectivity index (χ0n) is 12.2. The van der Waals surface area contributed by atoms with Gasteiger partial charge in [0.15, 0.2) is 0 Å². The van der Waals surface area contributed by atoms with E-state index >= 15 is 0 Å². The zero-order chi connectivity index (χ0) is 16.7. The van der Waals surface area contributed by atoms with Gasteiger partial charge in [-0.25, -0.2) is 4.79 Å². The predicted molar refractivity (Wildman–Crippen MR) is 83.0 cm³/mol. The van der Waals surface area contributed by atoms with Crippen molar-refractivity contribution >= 4 is 34.9 Å². The molecule has 1 aromatic carbocycles. The molecule has 0 fully saturated rings. The summed E-state index contributed by atoms with van der Waals surface area (Å²) in [4.78, 5) is 33.4. The first kappa shape index (κ1) is 17.7. The molecule has 0 saturated carbocycles. The highest BCUT2D eigenvalue weighted by molar-refractivity contribution is 6.33. The van der Waals surface area contributed by atoms with Gasteiger partial charge >= 0.3 is 6.03 Å². The molecule has 8 nitrogen and oxygen atoms in total. The molecule has 120 valence electrons. The van der Waals surface area contributed by atoms with Gasteiger partial charge in [-0.2, -0.15) is 0 Å². The van der Waals surface area contributed by atoms with Crippen molar-refractivity contribution in [3.63, 3.8) is 0 Å². The van der Waals surface area contributed by atoms with Crippen LogP contribution in [0.3, 0.4) is 0 Å². The zero-order valence-corrected chi connectivity index (χ0v) is 12.9. The lowest BCUT2D eigenvalue weighted by molar-refractivity contribution is -0.384. The molecule has 0 radical (unpaired) electrons. The van der Waals surface area contributed by atoms with Crippen LogP contribution >= 0.6 is 11.6 Å². The lowest BCUT2D eigenvalue weighted by atomic mass is 10.3. The molecule has 0 heterocycles. The molecular formula is C13H17ClN4O4. The molecule has 3 N–H and O–H groups in total. The lowest BCUT2D eigenvalue weighted by Crippen LogP contribution is -2.46. The average molecular weight is 329 g/mol. The summed E-state index contributed by atoms with van der Waals surface area (Å²) in [6.45, 7) is 4.00. The number of hydrogen-bond acceptors (Lipinski definition) is 4. The van der Waals surface area contributed by atoms with E-state index in [1.54, 1.807) is 6.92 Å². The van der Waals surface area contributed by atoms with Crippen molar-refractivity contribution in [1.82, 2.24) is 10.6 Å². The molecule has 0 spiro atoms. The maximum absolute atomic E-state index is 11.8. The van der Waals surface area contributed by atoms with Crippen molar-refractivity contribution in [3.05, 3.63) is 33.3 Å². The minimum atomic E-state index is -0.708. The van der Waals surface area contributed by atoms with Gasteiger partial charge in [0.05, 0.1) is 4.92 Å². The fourth-order valence-electron chi connectivity index (χ4n) is 1.56. The van der Waals surface area contributed by atoms with Gasteiger partial charge < -0.3 is 16.0 Å². The number of rotatable bonds is 6. The molecule has 0 bridgehead atoms. The summed E-state index contributed by atoms with van der Waals surface area (Å²) in [6, 6.07) is 2.49. The highest BCUT2D eigenvalue weighted by atomic mass is 35.5. The summed E-state index contributed by atoms with van der Waals surface area (Å²) < 4.78 is 0. The predicted octanol–water partition coefficient (Wildman–Crippen LogP) is 2.28. The number of nitrogens with one attached hydrogen (secondary N) is 3. The quantitative estimate of drug-likeness (QED) is 0.549. The standard InChI is InChI=1S/C13H17ClN4O4/c1-3-6-15-12(19)8(2)16-13(20)17-9-4-5-11(18(21)22)10(14)7-9/h4-5,7-8H,3,6H2,1-2H3,(H,15,19)(H2,16,17,20)/t8-/m0/s1. The summed E-state index contributed by atoms with van der Waals surface area (Å²) in [7, 11) is 0. The van der Waals surface area contributed by atoms with E-state index in [2.05, 4.69) is 16.0 Å². The van der Waals surface area contributed by atoms with Crippen molar-refractivity contribution in [3.8, 4) is 0 Å². The Labute approximate surface area is 132 Å². The highest BCUT2D eigenvalue weighted by Gasteiger charge is 2.16. The summed E-state index contributed by atoms with van der Waals surface area (Å²) in [5, 5.41) is 18.1. The lowest BCUT2D eigenvalue weighted by Gasteiger charge is -2.14. The smallest absolute Gasteiger partial charge is 0.319 e. The monoisotopic (exact) mass is 328 g/mol. The van der Waals surface area contributed by atoms with Crippen molar-refractivity contribution in [1.29, 1.82) is 0 Å². The number of anilines is 1. The number of urea groups is 1. The van der Waals surface area contributed by atoms with Crippen molar-refractivity contribution in [2.45, 2.75) is 26.3 Å². The molecule has 0 unspecified atom stereocenters. The fraction of sp³-hybridized carbons (Fsp3) is 0.385. The molecule has 0 aliphatic carbocycles. The van der Waals surface area contributed by atoms with Crippen molar-refractivity contribution in [2.24, 2.45) is 0 Å². The number of carbonyl (C=O) groups excluding carboxylic acids is 2. The second-order valence-electron chi connectivity index (χ2n) is 4.53. The number of nitro benzene ring substituents is 1. The molecule has 1 aromatic rings. The minimum Gasteiger partial charge on any atom is -0.354 e. The molecule has 0 aromatic heterocycles. The van der Waals surface area contributed by atoms with Crippen LogP contribution in [0.2, 0.25) is 5.02 Å². The number of nitro groups is 1. The Hall–Kier alpha value is -2.35. The third kappa shape index (κ3) is 5.21. The number of amides is 3. The van der Waals surface area contributed by atoms with Crippen LogP contribution in [0, 0.1) is 10.1 Å². The van der Waals surface area contributed by atoms with E-state index in [9.17, 15) is 19.7 Å². The SMILES string of the molecule is CCCNC(=O)[C@H](C)NC(=O)Nc1ccc([N+](=O)[O-])c(Cl)c1. The summed E-state index contributed by atoms with van der Waals surface area (Å²) >= 11 is 5.74. The van der Waals surface area contributed by atoms with Gasteiger partial charge in [0, 0.05) is 18.3 Å². The maximum Gasteiger partial charge on any atom is 0.319 e. The average Bonchev–Trinajstić information content (AvgIpc) is 2.44. The van der Waals surface area contributed by atoms with Gasteiger partial charge in [0.1, 0.15) is 11.1 Å². The normalized spacial score (nSPS) is 11.4. The van der Waals surface area contributed by atoms with Crippen LogP contribution in [0.25, 0.3) is 0 Å². The Morgan fingerprint density at radius 1 is 1.41 bits per heavy atom.